The second-order valence-corrected chi connectivity index (χ2v) is 2.23. The number of hydrogen-bond acceptors (Lipinski definition) is 3. The summed E-state index contributed by atoms with van der Waals surface area (Å²) in [5, 5.41) is 12.8. The van der Waals surface area contributed by atoms with Crippen LogP contribution in [0.1, 0.15) is 20.1 Å². The highest BCUT2D eigenvalue weighted by Crippen LogP contribution is 2.11. The van der Waals surface area contributed by atoms with E-state index in [0.717, 1.165) is 0 Å². The molecule has 4 nitrogen and oxygen atoms in total. The summed E-state index contributed by atoms with van der Waals surface area (Å²) in [5.41, 5.74) is 0. The van der Waals surface area contributed by atoms with Gasteiger partial charge in [0.25, 0.3) is 0 Å². The highest BCUT2D eigenvalue weighted by molar-refractivity contribution is 5.08. The van der Waals surface area contributed by atoms with Crippen LogP contribution in [0.25, 0.3) is 0 Å². The van der Waals surface area contributed by atoms with Crippen LogP contribution in [0.15, 0.2) is 12.4 Å². The van der Waals surface area contributed by atoms with Gasteiger partial charge in [0.15, 0.2) is 5.75 Å². The first-order valence-electron chi connectivity index (χ1n) is 3.58. The Morgan fingerprint density at radius 2 is 2.55 bits per heavy atom. The molecule has 4 heteroatoms. The van der Waals surface area contributed by atoms with E-state index < -0.39 is 0 Å². The zero-order valence-corrected chi connectivity index (χ0v) is 6.69. The average Bonchev–Trinajstić information content (AvgIpc) is 2.36. The first kappa shape index (κ1) is 8.07. The fourth-order valence-corrected chi connectivity index (χ4v) is 0.844. The summed E-state index contributed by atoms with van der Waals surface area (Å²) in [6, 6.07) is 0. The van der Waals surface area contributed by atoms with Crippen molar-refractivity contribution in [1.82, 2.24) is 9.78 Å². The molecule has 0 fully saturated rings. The number of nitrogens with zero attached hydrogens (tertiary/aromatic N) is 2. The van der Waals surface area contributed by atoms with Crippen LogP contribution in [0.4, 0.5) is 0 Å². The second-order valence-electron chi connectivity index (χ2n) is 2.23. The highest BCUT2D eigenvalue weighted by Gasteiger charge is 2.03. The summed E-state index contributed by atoms with van der Waals surface area (Å²) < 4.78 is 6.80. The lowest BCUT2D eigenvalue weighted by atomic mass is 10.6. The summed E-state index contributed by atoms with van der Waals surface area (Å²) in [5.74, 6) is 0.163. The lowest BCUT2D eigenvalue weighted by Crippen LogP contribution is -2.09. The summed E-state index contributed by atoms with van der Waals surface area (Å²) >= 11 is 0. The van der Waals surface area contributed by atoms with Gasteiger partial charge in [0.1, 0.15) is 6.23 Å². The predicted molar refractivity (Wildman–Crippen MR) is 40.2 cm³/mol. The fraction of sp³-hybridized carbons (Fsp3) is 0.571. The molecule has 0 aliphatic rings. The molecule has 1 atom stereocenters. The third-order valence-electron chi connectivity index (χ3n) is 1.37. The summed E-state index contributed by atoms with van der Waals surface area (Å²) in [4.78, 5) is 0. The molecule has 1 rings (SSSR count). The maximum absolute atomic E-state index is 8.93. The smallest absolute Gasteiger partial charge is 0.153 e. The third kappa shape index (κ3) is 1.94. The lowest BCUT2D eigenvalue weighted by Gasteiger charge is -2.10. The molecule has 0 aliphatic heterocycles. The molecule has 11 heavy (non-hydrogen) atoms. The molecule has 62 valence electrons. The van der Waals surface area contributed by atoms with Gasteiger partial charge in [-0.1, -0.05) is 0 Å². The summed E-state index contributed by atoms with van der Waals surface area (Å²) in [6.45, 7) is 4.43. The minimum absolute atomic E-state index is 0.110. The van der Waals surface area contributed by atoms with Gasteiger partial charge in [-0.2, -0.15) is 5.10 Å². The first-order chi connectivity index (χ1) is 5.24. The van der Waals surface area contributed by atoms with Crippen LogP contribution in [0.3, 0.4) is 0 Å². The van der Waals surface area contributed by atoms with Gasteiger partial charge in [-0.25, -0.2) is 4.68 Å². The van der Waals surface area contributed by atoms with Gasteiger partial charge in [-0.15, -0.1) is 0 Å². The zero-order chi connectivity index (χ0) is 8.27. The predicted octanol–water partition coefficient (Wildman–Crippen LogP) is 1.14. The molecule has 1 heterocycles. The number of aromatic hydroxyl groups is 1. The van der Waals surface area contributed by atoms with Crippen molar-refractivity contribution in [3.8, 4) is 5.75 Å². The molecule has 0 aliphatic carbocycles. The van der Waals surface area contributed by atoms with Crippen molar-refractivity contribution in [2.45, 2.75) is 20.1 Å². The Morgan fingerprint density at radius 1 is 1.82 bits per heavy atom. The van der Waals surface area contributed by atoms with E-state index in [1.807, 2.05) is 13.8 Å². The standard InChI is InChI=1S/C7H12N2O2/c1-3-11-6(2)9-5-7(10)4-8-9/h4-6,10H,3H2,1-2H3. The molecular weight excluding hydrogens is 144 g/mol. The molecule has 1 aromatic heterocycles. The van der Waals surface area contributed by atoms with Gasteiger partial charge in [-0.3, -0.25) is 0 Å². The molecule has 0 aromatic carbocycles. The van der Waals surface area contributed by atoms with Crippen molar-refractivity contribution < 1.29 is 9.84 Å². The number of aromatic nitrogens is 2. The Hall–Kier alpha value is -1.03. The van der Waals surface area contributed by atoms with Crippen molar-refractivity contribution >= 4 is 0 Å². The number of hydrogen-bond donors (Lipinski definition) is 1. The van der Waals surface area contributed by atoms with E-state index in [-0.39, 0.29) is 12.0 Å². The Bertz CT molecular complexity index is 222. The molecule has 1 aromatic rings. The lowest BCUT2D eigenvalue weighted by molar-refractivity contribution is 0.0158. The average molecular weight is 156 g/mol. The second kappa shape index (κ2) is 3.39. The van der Waals surface area contributed by atoms with Gasteiger partial charge >= 0.3 is 0 Å². The first-order valence-corrected chi connectivity index (χ1v) is 3.58. The van der Waals surface area contributed by atoms with Crippen LogP contribution >= 0.6 is 0 Å². The SMILES string of the molecule is CCOC(C)n1cc(O)cn1. The normalized spacial score (nSPS) is 13.3. The van der Waals surface area contributed by atoms with Crippen molar-refractivity contribution in [2.24, 2.45) is 0 Å². The largest absolute Gasteiger partial charge is 0.505 e. The Kier molecular flexibility index (Phi) is 2.48. The molecule has 1 unspecified atom stereocenters. The molecule has 0 bridgehead atoms. The maximum Gasteiger partial charge on any atom is 0.153 e. The molecule has 0 saturated carbocycles. The van der Waals surface area contributed by atoms with Crippen LogP contribution in [-0.2, 0) is 4.74 Å². The van der Waals surface area contributed by atoms with Crippen molar-refractivity contribution in [1.29, 1.82) is 0 Å². The minimum atomic E-state index is -0.110. The topological polar surface area (TPSA) is 47.3 Å². The molecule has 1 N–H and O–H groups in total. The third-order valence-corrected chi connectivity index (χ3v) is 1.37. The highest BCUT2D eigenvalue weighted by atomic mass is 16.5. The fourth-order valence-electron chi connectivity index (χ4n) is 0.844. The van der Waals surface area contributed by atoms with Crippen molar-refractivity contribution in [2.75, 3.05) is 6.61 Å². The van der Waals surface area contributed by atoms with Crippen LogP contribution in [0.5, 0.6) is 5.75 Å². The Balaban J connectivity index is 2.60. The van der Waals surface area contributed by atoms with Crippen LogP contribution in [0, 0.1) is 0 Å². The number of ether oxygens (including phenoxy) is 1. The maximum atomic E-state index is 8.93. The Morgan fingerprint density at radius 3 is 3.00 bits per heavy atom. The van der Waals surface area contributed by atoms with Crippen LogP contribution in [-0.4, -0.2) is 21.5 Å². The van der Waals surface area contributed by atoms with Crippen LogP contribution < -0.4 is 0 Å². The van der Waals surface area contributed by atoms with Crippen LogP contribution in [0.2, 0.25) is 0 Å². The Labute approximate surface area is 65.4 Å². The molecular formula is C7H12N2O2. The number of rotatable bonds is 3. The van der Waals surface area contributed by atoms with E-state index in [1.54, 1.807) is 4.68 Å². The molecule has 0 saturated heterocycles. The molecule has 0 radical (unpaired) electrons. The van der Waals surface area contributed by atoms with Gasteiger partial charge in [-0.05, 0) is 13.8 Å². The summed E-state index contributed by atoms with van der Waals surface area (Å²) in [7, 11) is 0. The van der Waals surface area contributed by atoms with E-state index in [1.165, 1.54) is 12.4 Å². The monoisotopic (exact) mass is 156 g/mol. The summed E-state index contributed by atoms with van der Waals surface area (Å²) in [6.07, 6.45) is 2.80. The minimum Gasteiger partial charge on any atom is -0.505 e. The van der Waals surface area contributed by atoms with E-state index in [9.17, 15) is 0 Å². The van der Waals surface area contributed by atoms with Crippen molar-refractivity contribution in [3.05, 3.63) is 12.4 Å². The van der Waals surface area contributed by atoms with E-state index in [4.69, 9.17) is 9.84 Å². The van der Waals surface area contributed by atoms with E-state index in [0.29, 0.717) is 6.61 Å². The zero-order valence-electron chi connectivity index (χ0n) is 6.69. The quantitative estimate of drug-likeness (QED) is 0.714. The molecule has 0 amide bonds. The van der Waals surface area contributed by atoms with Crippen molar-refractivity contribution in [3.63, 3.8) is 0 Å². The molecule has 0 spiro atoms. The van der Waals surface area contributed by atoms with Gasteiger partial charge in [0, 0.05) is 6.61 Å². The van der Waals surface area contributed by atoms with E-state index in [2.05, 4.69) is 5.10 Å². The van der Waals surface area contributed by atoms with Gasteiger partial charge in [0.05, 0.1) is 12.4 Å². The van der Waals surface area contributed by atoms with Gasteiger partial charge < -0.3 is 9.84 Å². The van der Waals surface area contributed by atoms with Gasteiger partial charge in [0.2, 0.25) is 0 Å². The van der Waals surface area contributed by atoms with E-state index >= 15 is 0 Å².